The molecule has 0 saturated heterocycles. The van der Waals surface area contributed by atoms with Gasteiger partial charge in [-0.05, 0) is 55.7 Å². The largest absolute Gasteiger partial charge is 0.497 e. The van der Waals surface area contributed by atoms with Crippen LogP contribution in [0.25, 0.3) is 11.3 Å². The van der Waals surface area contributed by atoms with E-state index in [0.717, 1.165) is 40.3 Å². The van der Waals surface area contributed by atoms with E-state index in [2.05, 4.69) is 24.0 Å². The number of hydrogen-bond donors (Lipinski definition) is 0. The molecule has 34 heavy (non-hydrogen) atoms. The fourth-order valence-corrected chi connectivity index (χ4v) is 4.50. The number of methoxy groups -OCH3 is 1. The van der Waals surface area contributed by atoms with Crippen LogP contribution in [0.4, 0.5) is 5.69 Å². The summed E-state index contributed by atoms with van der Waals surface area (Å²) in [5.74, 6) is 2.45. The van der Waals surface area contributed by atoms with Gasteiger partial charge in [0.2, 0.25) is 23.2 Å². The summed E-state index contributed by atoms with van der Waals surface area (Å²) < 4.78 is 11.8. The van der Waals surface area contributed by atoms with E-state index in [-0.39, 0.29) is 5.91 Å². The van der Waals surface area contributed by atoms with Crippen LogP contribution >= 0.6 is 11.8 Å². The third kappa shape index (κ3) is 5.01. The molecule has 2 aromatic carbocycles. The maximum atomic E-state index is 13.5. The van der Waals surface area contributed by atoms with E-state index >= 15 is 0 Å². The zero-order valence-electron chi connectivity index (χ0n) is 20.2. The van der Waals surface area contributed by atoms with Crippen molar-refractivity contribution in [3.8, 4) is 22.9 Å². The number of nitrogens with zero attached hydrogens (tertiary/aromatic N) is 4. The van der Waals surface area contributed by atoms with E-state index in [1.165, 1.54) is 0 Å². The maximum Gasteiger partial charge on any atom is 0.247 e. The molecule has 1 aliphatic rings. The van der Waals surface area contributed by atoms with E-state index in [9.17, 15) is 4.79 Å². The standard InChI is InChI=1S/C26H30N4O3S/c1-6-7-22(31)30-21-13-8-17(4)14-20(21)23-24(27-26(29-28-23)34-15-16(2)3)33-25(30)18-9-11-19(32-5)12-10-18/h8-14,16,25H,6-7,15H2,1-5H3/t25-/m1/s1. The van der Waals surface area contributed by atoms with Crippen molar-refractivity contribution >= 4 is 23.4 Å². The summed E-state index contributed by atoms with van der Waals surface area (Å²) in [5, 5.41) is 9.44. The molecule has 0 bridgehead atoms. The summed E-state index contributed by atoms with van der Waals surface area (Å²) in [6.45, 7) is 8.31. The number of benzene rings is 2. The molecule has 1 atom stereocenters. The summed E-state index contributed by atoms with van der Waals surface area (Å²) in [6.07, 6.45) is 0.425. The van der Waals surface area contributed by atoms with E-state index in [1.807, 2.05) is 56.3 Å². The Kier molecular flexibility index (Phi) is 7.36. The van der Waals surface area contributed by atoms with Crippen LogP contribution < -0.4 is 14.4 Å². The molecule has 1 aromatic heterocycles. The van der Waals surface area contributed by atoms with Gasteiger partial charge in [0.25, 0.3) is 0 Å². The first-order valence-electron chi connectivity index (χ1n) is 11.5. The topological polar surface area (TPSA) is 77.4 Å². The Balaban J connectivity index is 1.89. The van der Waals surface area contributed by atoms with E-state index in [4.69, 9.17) is 14.5 Å². The molecule has 1 aliphatic heterocycles. The predicted octanol–water partition coefficient (Wildman–Crippen LogP) is 5.83. The summed E-state index contributed by atoms with van der Waals surface area (Å²) in [6, 6.07) is 13.5. The van der Waals surface area contributed by atoms with E-state index in [1.54, 1.807) is 23.8 Å². The third-order valence-corrected chi connectivity index (χ3v) is 6.70. The highest BCUT2D eigenvalue weighted by Crippen LogP contribution is 2.44. The molecule has 0 N–H and O–H groups in total. The Bertz CT molecular complexity index is 1170. The number of rotatable bonds is 7. The number of aryl methyl sites for hydroxylation is 1. The number of anilines is 1. The molecular formula is C26H30N4O3S. The van der Waals surface area contributed by atoms with Crippen molar-refractivity contribution in [2.45, 2.75) is 51.9 Å². The van der Waals surface area contributed by atoms with Gasteiger partial charge in [-0.3, -0.25) is 9.69 Å². The summed E-state index contributed by atoms with van der Waals surface area (Å²) >= 11 is 1.55. The molecule has 0 spiro atoms. The number of carbonyl (C=O) groups excluding carboxylic acids is 1. The van der Waals surface area contributed by atoms with Crippen LogP contribution in [0, 0.1) is 12.8 Å². The first kappa shape index (κ1) is 24.0. The highest BCUT2D eigenvalue weighted by Gasteiger charge is 2.35. The molecule has 3 aromatic rings. The normalized spacial score (nSPS) is 14.8. The lowest BCUT2D eigenvalue weighted by molar-refractivity contribution is -0.120. The predicted molar refractivity (Wildman–Crippen MR) is 134 cm³/mol. The molecule has 8 heteroatoms. The lowest BCUT2D eigenvalue weighted by Gasteiger charge is -2.31. The monoisotopic (exact) mass is 478 g/mol. The third-order valence-electron chi connectivity index (χ3n) is 5.44. The number of ether oxygens (including phenoxy) is 2. The van der Waals surface area contributed by atoms with Gasteiger partial charge in [0, 0.05) is 23.3 Å². The average molecular weight is 479 g/mol. The van der Waals surface area contributed by atoms with Crippen LogP contribution in [0.2, 0.25) is 0 Å². The molecule has 2 heterocycles. The molecule has 7 nitrogen and oxygen atoms in total. The van der Waals surface area contributed by atoms with Crippen LogP contribution in [-0.2, 0) is 4.79 Å². The van der Waals surface area contributed by atoms with Crippen LogP contribution in [0.3, 0.4) is 0 Å². The van der Waals surface area contributed by atoms with E-state index in [0.29, 0.717) is 29.1 Å². The van der Waals surface area contributed by atoms with Crippen molar-refractivity contribution in [3.05, 3.63) is 53.6 Å². The molecule has 4 rings (SSSR count). The lowest BCUT2D eigenvalue weighted by Crippen LogP contribution is -2.37. The SMILES string of the molecule is CCCC(=O)N1c2ccc(C)cc2-c2nnc(SCC(C)C)nc2O[C@@H]1c1ccc(OC)cc1. The number of amides is 1. The van der Waals surface area contributed by atoms with Crippen LogP contribution in [-0.4, -0.2) is 34.0 Å². The zero-order valence-corrected chi connectivity index (χ0v) is 21.1. The molecular weight excluding hydrogens is 448 g/mol. The van der Waals surface area contributed by atoms with Gasteiger partial charge in [0.1, 0.15) is 5.75 Å². The highest BCUT2D eigenvalue weighted by molar-refractivity contribution is 7.99. The molecule has 0 unspecified atom stereocenters. The van der Waals surface area contributed by atoms with Crippen molar-refractivity contribution in [1.29, 1.82) is 0 Å². The fourth-order valence-electron chi connectivity index (χ4n) is 3.77. The van der Waals surface area contributed by atoms with Gasteiger partial charge in [0.15, 0.2) is 5.69 Å². The molecule has 178 valence electrons. The van der Waals surface area contributed by atoms with Crippen molar-refractivity contribution < 1.29 is 14.3 Å². The minimum atomic E-state index is -0.702. The quantitative estimate of drug-likeness (QED) is 0.396. The fraction of sp³-hybridized carbons (Fsp3) is 0.385. The van der Waals surface area contributed by atoms with Gasteiger partial charge in [0.05, 0.1) is 12.8 Å². The number of fused-ring (bicyclic) bond motifs is 3. The summed E-state index contributed by atoms with van der Waals surface area (Å²) in [4.78, 5) is 19.9. The van der Waals surface area contributed by atoms with Crippen LogP contribution in [0.5, 0.6) is 11.6 Å². The van der Waals surface area contributed by atoms with E-state index < -0.39 is 6.23 Å². The van der Waals surface area contributed by atoms with Gasteiger partial charge >= 0.3 is 0 Å². The first-order chi connectivity index (χ1) is 16.4. The van der Waals surface area contributed by atoms with Crippen molar-refractivity contribution in [1.82, 2.24) is 15.2 Å². The highest BCUT2D eigenvalue weighted by atomic mass is 32.2. The Morgan fingerprint density at radius 1 is 1.18 bits per heavy atom. The lowest BCUT2D eigenvalue weighted by atomic mass is 10.0. The van der Waals surface area contributed by atoms with Gasteiger partial charge in [-0.2, -0.15) is 4.98 Å². The molecule has 0 saturated carbocycles. The number of thioether (sulfide) groups is 1. The van der Waals surface area contributed by atoms with Gasteiger partial charge < -0.3 is 9.47 Å². The number of aromatic nitrogens is 3. The molecule has 1 amide bonds. The van der Waals surface area contributed by atoms with Gasteiger partial charge in [-0.1, -0.05) is 44.2 Å². The van der Waals surface area contributed by atoms with Crippen LogP contribution in [0.15, 0.2) is 47.6 Å². The summed E-state index contributed by atoms with van der Waals surface area (Å²) in [7, 11) is 1.63. The second-order valence-electron chi connectivity index (χ2n) is 8.73. The maximum absolute atomic E-state index is 13.5. The molecule has 0 fully saturated rings. The minimum absolute atomic E-state index is 0.0245. The van der Waals surface area contributed by atoms with Crippen molar-refractivity contribution in [2.75, 3.05) is 17.8 Å². The van der Waals surface area contributed by atoms with Crippen LogP contribution in [0.1, 0.15) is 51.0 Å². The van der Waals surface area contributed by atoms with Gasteiger partial charge in [-0.15, -0.1) is 10.2 Å². The second-order valence-corrected chi connectivity index (χ2v) is 9.72. The van der Waals surface area contributed by atoms with Crippen molar-refractivity contribution in [3.63, 3.8) is 0 Å². The smallest absolute Gasteiger partial charge is 0.247 e. The van der Waals surface area contributed by atoms with Crippen molar-refractivity contribution in [2.24, 2.45) is 5.92 Å². The summed E-state index contributed by atoms with van der Waals surface area (Å²) in [5.41, 5.74) is 3.94. The number of carbonyl (C=O) groups is 1. The Hall–Kier alpha value is -3.13. The molecule has 0 aliphatic carbocycles. The zero-order chi connectivity index (χ0) is 24.2. The second kappa shape index (κ2) is 10.4. The molecule has 0 radical (unpaired) electrons. The first-order valence-corrected chi connectivity index (χ1v) is 12.5. The minimum Gasteiger partial charge on any atom is -0.497 e. The Labute approximate surface area is 204 Å². The number of hydrogen-bond acceptors (Lipinski definition) is 7. The Morgan fingerprint density at radius 2 is 1.94 bits per heavy atom. The van der Waals surface area contributed by atoms with Gasteiger partial charge in [-0.25, -0.2) is 0 Å². The average Bonchev–Trinajstić information content (AvgIpc) is 2.97. The Morgan fingerprint density at radius 3 is 2.62 bits per heavy atom.